The minimum Gasteiger partial charge on any atom is -0.361 e. The van der Waals surface area contributed by atoms with Gasteiger partial charge in [0.1, 0.15) is 11.6 Å². The van der Waals surface area contributed by atoms with Crippen LogP contribution in [0.15, 0.2) is 42.6 Å². The first-order chi connectivity index (χ1) is 15.5. The average molecular weight is 460 g/mol. The maximum absolute atomic E-state index is 13.5. The SMILES string of the molecule is O=C(c1ccc(F)c(Cl)c1)N1CCC(CNCCCCc2c[nH]c3ccc(F)cc23)CC1. The smallest absolute Gasteiger partial charge is 0.253 e. The molecule has 0 atom stereocenters. The van der Waals surface area contributed by atoms with Crippen molar-refractivity contribution in [2.24, 2.45) is 5.92 Å². The number of nitrogens with zero attached hydrogens (tertiary/aromatic N) is 1. The Morgan fingerprint density at radius 1 is 1.12 bits per heavy atom. The third kappa shape index (κ3) is 5.48. The van der Waals surface area contributed by atoms with Crippen molar-refractivity contribution in [1.82, 2.24) is 15.2 Å². The summed E-state index contributed by atoms with van der Waals surface area (Å²) in [5, 5.41) is 4.49. The van der Waals surface area contributed by atoms with E-state index >= 15 is 0 Å². The molecule has 4 nitrogen and oxygen atoms in total. The van der Waals surface area contributed by atoms with Crippen molar-refractivity contribution < 1.29 is 13.6 Å². The Hall–Kier alpha value is -2.44. The van der Waals surface area contributed by atoms with E-state index in [-0.39, 0.29) is 16.7 Å². The maximum Gasteiger partial charge on any atom is 0.253 e. The average Bonchev–Trinajstić information content (AvgIpc) is 3.20. The van der Waals surface area contributed by atoms with Crippen molar-refractivity contribution >= 4 is 28.4 Å². The van der Waals surface area contributed by atoms with Crippen molar-refractivity contribution in [2.75, 3.05) is 26.2 Å². The summed E-state index contributed by atoms with van der Waals surface area (Å²) in [6.45, 7) is 3.31. The molecule has 170 valence electrons. The molecule has 0 bridgehead atoms. The predicted molar refractivity (Wildman–Crippen MR) is 124 cm³/mol. The highest BCUT2D eigenvalue weighted by molar-refractivity contribution is 6.31. The molecule has 1 saturated heterocycles. The first-order valence-electron chi connectivity index (χ1n) is 11.2. The second kappa shape index (κ2) is 10.5. The largest absolute Gasteiger partial charge is 0.361 e. The van der Waals surface area contributed by atoms with Gasteiger partial charge in [0.05, 0.1) is 5.02 Å². The molecule has 32 heavy (non-hydrogen) atoms. The number of fused-ring (bicyclic) bond motifs is 1. The van der Waals surface area contributed by atoms with Gasteiger partial charge in [-0.2, -0.15) is 0 Å². The van der Waals surface area contributed by atoms with Gasteiger partial charge >= 0.3 is 0 Å². The van der Waals surface area contributed by atoms with Crippen LogP contribution in [0.25, 0.3) is 10.9 Å². The van der Waals surface area contributed by atoms with E-state index in [9.17, 15) is 13.6 Å². The quantitative estimate of drug-likeness (QED) is 0.433. The zero-order chi connectivity index (χ0) is 22.5. The van der Waals surface area contributed by atoms with E-state index in [4.69, 9.17) is 11.6 Å². The number of hydrogen-bond acceptors (Lipinski definition) is 2. The number of carbonyl (C=O) groups is 1. The number of aromatic amines is 1. The predicted octanol–water partition coefficient (Wildman–Crippen LogP) is 5.56. The van der Waals surface area contributed by atoms with Gasteiger partial charge in [-0.05, 0) is 93.1 Å². The molecule has 4 rings (SSSR count). The van der Waals surface area contributed by atoms with Gasteiger partial charge in [0, 0.05) is 35.8 Å². The molecule has 0 spiro atoms. The van der Waals surface area contributed by atoms with Gasteiger partial charge in [0.2, 0.25) is 0 Å². The molecule has 2 aromatic carbocycles. The summed E-state index contributed by atoms with van der Waals surface area (Å²) >= 11 is 5.80. The molecular weight excluding hydrogens is 432 g/mol. The number of H-pyrrole nitrogens is 1. The summed E-state index contributed by atoms with van der Waals surface area (Å²) in [5.74, 6) is -0.250. The van der Waals surface area contributed by atoms with E-state index < -0.39 is 5.82 Å². The third-order valence-electron chi connectivity index (χ3n) is 6.28. The number of aromatic nitrogens is 1. The maximum atomic E-state index is 13.5. The Bertz CT molecular complexity index is 1080. The van der Waals surface area contributed by atoms with Gasteiger partial charge in [-0.3, -0.25) is 4.79 Å². The number of hydrogen-bond donors (Lipinski definition) is 2. The highest BCUT2D eigenvalue weighted by Crippen LogP contribution is 2.22. The molecule has 3 aromatic rings. The van der Waals surface area contributed by atoms with E-state index in [1.807, 2.05) is 11.1 Å². The molecule has 7 heteroatoms. The minimum absolute atomic E-state index is 0.0215. The normalized spacial score (nSPS) is 14.9. The number of rotatable bonds is 8. The number of piperidine rings is 1. The lowest BCUT2D eigenvalue weighted by molar-refractivity contribution is 0.0690. The molecule has 2 N–H and O–H groups in total. The lowest BCUT2D eigenvalue weighted by atomic mass is 9.96. The molecule has 0 saturated carbocycles. The molecule has 0 unspecified atom stereocenters. The fraction of sp³-hybridized carbons (Fsp3) is 0.400. The summed E-state index contributed by atoms with van der Waals surface area (Å²) in [5.41, 5.74) is 2.58. The van der Waals surface area contributed by atoms with Crippen LogP contribution in [0.1, 0.15) is 41.6 Å². The summed E-state index contributed by atoms with van der Waals surface area (Å²) in [7, 11) is 0. The van der Waals surface area contributed by atoms with E-state index in [1.165, 1.54) is 29.8 Å². The monoisotopic (exact) mass is 459 g/mol. The molecule has 1 aromatic heterocycles. The number of benzene rings is 2. The first-order valence-corrected chi connectivity index (χ1v) is 11.6. The van der Waals surface area contributed by atoms with E-state index in [0.717, 1.165) is 56.1 Å². The van der Waals surface area contributed by atoms with Crippen LogP contribution in [0.3, 0.4) is 0 Å². The topological polar surface area (TPSA) is 48.1 Å². The van der Waals surface area contributed by atoms with Crippen LogP contribution in [0.4, 0.5) is 8.78 Å². The zero-order valence-electron chi connectivity index (χ0n) is 18.0. The van der Waals surface area contributed by atoms with Crippen LogP contribution in [0, 0.1) is 17.6 Å². The summed E-state index contributed by atoms with van der Waals surface area (Å²) in [6, 6.07) is 8.99. The summed E-state index contributed by atoms with van der Waals surface area (Å²) in [6.07, 6.45) is 6.92. The molecule has 0 radical (unpaired) electrons. The van der Waals surface area contributed by atoms with Crippen LogP contribution in [0.5, 0.6) is 0 Å². The highest BCUT2D eigenvalue weighted by Gasteiger charge is 2.23. The Labute approximate surface area is 191 Å². The van der Waals surface area contributed by atoms with Crippen molar-refractivity contribution in [2.45, 2.75) is 32.1 Å². The fourth-order valence-corrected chi connectivity index (χ4v) is 4.56. The van der Waals surface area contributed by atoms with Crippen LogP contribution in [-0.2, 0) is 6.42 Å². The third-order valence-corrected chi connectivity index (χ3v) is 6.57. The van der Waals surface area contributed by atoms with E-state index in [1.54, 1.807) is 12.1 Å². The molecule has 2 heterocycles. The van der Waals surface area contributed by atoms with Crippen LogP contribution >= 0.6 is 11.6 Å². The highest BCUT2D eigenvalue weighted by atomic mass is 35.5. The van der Waals surface area contributed by atoms with E-state index in [0.29, 0.717) is 24.6 Å². The van der Waals surface area contributed by atoms with Crippen LogP contribution in [0.2, 0.25) is 5.02 Å². The molecule has 1 aliphatic rings. The van der Waals surface area contributed by atoms with Gasteiger partial charge < -0.3 is 15.2 Å². The molecular formula is C25H28ClF2N3O. The number of aryl methyl sites for hydroxylation is 1. The first kappa shape index (κ1) is 22.7. The van der Waals surface area contributed by atoms with Crippen molar-refractivity contribution in [3.8, 4) is 0 Å². The number of carbonyl (C=O) groups excluding carboxylic acids is 1. The van der Waals surface area contributed by atoms with Gasteiger partial charge in [0.15, 0.2) is 0 Å². The molecule has 1 amide bonds. The Morgan fingerprint density at radius 3 is 2.72 bits per heavy atom. The molecule has 1 fully saturated rings. The Balaban J connectivity index is 1.13. The standard InChI is InChI=1S/C25H28ClF2N3O/c26-22-13-18(4-6-23(22)28)25(32)31-11-8-17(9-12-31)15-29-10-2-1-3-19-16-30-24-7-5-20(27)14-21(19)24/h4-7,13-14,16-17,29-30H,1-3,8-12,15H2. The van der Waals surface area contributed by atoms with Crippen molar-refractivity contribution in [1.29, 1.82) is 0 Å². The second-order valence-corrected chi connectivity index (χ2v) is 8.94. The zero-order valence-corrected chi connectivity index (χ0v) is 18.7. The van der Waals surface area contributed by atoms with Crippen molar-refractivity contribution in [3.05, 3.63) is 70.4 Å². The van der Waals surface area contributed by atoms with E-state index in [2.05, 4.69) is 10.3 Å². The number of amides is 1. The van der Waals surface area contributed by atoms with Gasteiger partial charge in [0.25, 0.3) is 5.91 Å². The van der Waals surface area contributed by atoms with Gasteiger partial charge in [-0.1, -0.05) is 11.6 Å². The Morgan fingerprint density at radius 2 is 1.94 bits per heavy atom. The lowest BCUT2D eigenvalue weighted by Crippen LogP contribution is -2.40. The van der Waals surface area contributed by atoms with Crippen LogP contribution in [-0.4, -0.2) is 42.0 Å². The second-order valence-electron chi connectivity index (χ2n) is 8.53. The Kier molecular flexibility index (Phi) is 7.43. The van der Waals surface area contributed by atoms with Crippen LogP contribution < -0.4 is 5.32 Å². The molecule has 0 aliphatic carbocycles. The minimum atomic E-state index is -0.511. The summed E-state index contributed by atoms with van der Waals surface area (Å²) in [4.78, 5) is 17.6. The van der Waals surface area contributed by atoms with Gasteiger partial charge in [-0.25, -0.2) is 8.78 Å². The fourth-order valence-electron chi connectivity index (χ4n) is 4.38. The number of nitrogens with one attached hydrogen (secondary N) is 2. The number of unbranched alkanes of at least 4 members (excludes halogenated alkanes) is 1. The molecule has 1 aliphatic heterocycles. The lowest BCUT2D eigenvalue weighted by Gasteiger charge is -2.32. The number of likely N-dealkylation sites (tertiary alicyclic amines) is 1. The number of halogens is 3. The van der Waals surface area contributed by atoms with Gasteiger partial charge in [-0.15, -0.1) is 0 Å². The van der Waals surface area contributed by atoms with Crippen molar-refractivity contribution in [3.63, 3.8) is 0 Å². The summed E-state index contributed by atoms with van der Waals surface area (Å²) < 4.78 is 26.8.